The molecule has 0 aliphatic carbocycles. The fraction of sp³-hybridized carbons (Fsp3) is 0.300. The molecule has 0 bridgehead atoms. The lowest BCUT2D eigenvalue weighted by Crippen LogP contribution is -2.36. The van der Waals surface area contributed by atoms with E-state index in [0.717, 1.165) is 0 Å². The van der Waals surface area contributed by atoms with Gasteiger partial charge in [-0.2, -0.15) is 0 Å². The van der Waals surface area contributed by atoms with Crippen LogP contribution in [0.5, 0.6) is 0 Å². The first-order valence-corrected chi connectivity index (χ1v) is 7.55. The number of carbonyl (C=O) groups is 1. The highest BCUT2D eigenvalue weighted by Gasteiger charge is 2.45. The quantitative estimate of drug-likeness (QED) is 0.518. The molecular weight excluding hydrogens is 330 g/mol. The Morgan fingerprint density at radius 3 is 2.59 bits per heavy atom. The molecule has 94 valence electrons. The standard InChI is InChI=1S/C10H11BrClNO3S/c1-2-17(15,16)10(11,12)9(14)7-4-3-5-8(13)6-7/h3-6H,2,13H2,1H3. The fourth-order valence-corrected chi connectivity index (χ4v) is 3.29. The summed E-state index contributed by atoms with van der Waals surface area (Å²) >= 11 is 8.58. The van der Waals surface area contributed by atoms with Gasteiger partial charge in [-0.15, -0.1) is 0 Å². The van der Waals surface area contributed by atoms with E-state index >= 15 is 0 Å². The van der Waals surface area contributed by atoms with Crippen molar-refractivity contribution in [3.05, 3.63) is 29.8 Å². The summed E-state index contributed by atoms with van der Waals surface area (Å²) in [7, 11) is -3.77. The molecule has 0 aliphatic heterocycles. The molecule has 0 amide bonds. The van der Waals surface area contributed by atoms with E-state index in [-0.39, 0.29) is 11.3 Å². The normalized spacial score (nSPS) is 15.2. The minimum Gasteiger partial charge on any atom is -0.399 e. The van der Waals surface area contributed by atoms with Crippen LogP contribution in [0.4, 0.5) is 5.69 Å². The van der Waals surface area contributed by atoms with Gasteiger partial charge in [0.25, 0.3) is 3.12 Å². The molecule has 0 fully saturated rings. The molecule has 0 spiro atoms. The van der Waals surface area contributed by atoms with Crippen LogP contribution in [-0.2, 0) is 9.84 Å². The second-order valence-corrected chi connectivity index (χ2v) is 8.76. The number of alkyl halides is 2. The van der Waals surface area contributed by atoms with Crippen molar-refractivity contribution in [2.45, 2.75) is 10.0 Å². The third-order valence-electron chi connectivity index (χ3n) is 2.18. The molecular formula is C10H11BrClNO3S. The zero-order chi connectivity index (χ0) is 13.3. The van der Waals surface area contributed by atoms with Crippen LogP contribution in [0.15, 0.2) is 24.3 Å². The molecule has 1 aromatic carbocycles. The van der Waals surface area contributed by atoms with E-state index < -0.39 is 18.7 Å². The Morgan fingerprint density at radius 1 is 1.53 bits per heavy atom. The van der Waals surface area contributed by atoms with Gasteiger partial charge in [0.05, 0.1) is 5.75 Å². The van der Waals surface area contributed by atoms with Crippen LogP contribution >= 0.6 is 27.5 Å². The average molecular weight is 341 g/mol. The summed E-state index contributed by atoms with van der Waals surface area (Å²) in [5, 5.41) is 0. The highest BCUT2D eigenvalue weighted by Crippen LogP contribution is 2.35. The maximum absolute atomic E-state index is 12.0. The molecule has 1 unspecified atom stereocenters. The summed E-state index contributed by atoms with van der Waals surface area (Å²) in [5.74, 6) is -0.983. The van der Waals surface area contributed by atoms with Crippen LogP contribution in [0.3, 0.4) is 0 Å². The largest absolute Gasteiger partial charge is 0.399 e. The molecule has 7 heteroatoms. The molecule has 4 nitrogen and oxygen atoms in total. The zero-order valence-electron chi connectivity index (χ0n) is 8.98. The fourth-order valence-electron chi connectivity index (χ4n) is 1.17. The van der Waals surface area contributed by atoms with E-state index in [4.69, 9.17) is 17.3 Å². The third kappa shape index (κ3) is 2.81. The van der Waals surface area contributed by atoms with Crippen molar-refractivity contribution in [1.29, 1.82) is 0 Å². The number of benzene rings is 1. The highest BCUT2D eigenvalue weighted by molar-refractivity contribution is 9.12. The van der Waals surface area contributed by atoms with Crippen LogP contribution in [-0.4, -0.2) is 23.1 Å². The van der Waals surface area contributed by atoms with Crippen molar-refractivity contribution in [1.82, 2.24) is 0 Å². The topological polar surface area (TPSA) is 77.2 Å². The first-order valence-electron chi connectivity index (χ1n) is 4.73. The molecule has 1 rings (SSSR count). The molecule has 0 saturated carbocycles. The molecule has 0 aromatic heterocycles. The monoisotopic (exact) mass is 339 g/mol. The Morgan fingerprint density at radius 2 is 2.12 bits per heavy atom. The first-order chi connectivity index (χ1) is 7.72. The average Bonchev–Trinajstić information content (AvgIpc) is 2.27. The van der Waals surface area contributed by atoms with Crippen molar-refractivity contribution in [2.24, 2.45) is 0 Å². The third-order valence-corrected chi connectivity index (χ3v) is 6.63. The molecule has 1 aromatic rings. The first kappa shape index (κ1) is 14.5. The van der Waals surface area contributed by atoms with Gasteiger partial charge in [-0.05, 0) is 28.1 Å². The van der Waals surface area contributed by atoms with Gasteiger partial charge in [0, 0.05) is 11.3 Å². The zero-order valence-corrected chi connectivity index (χ0v) is 12.1. The van der Waals surface area contributed by atoms with Gasteiger partial charge in [0.1, 0.15) is 0 Å². The van der Waals surface area contributed by atoms with Crippen molar-refractivity contribution >= 4 is 48.8 Å². The SMILES string of the molecule is CCS(=O)(=O)C(Cl)(Br)C(=O)c1cccc(N)c1. The number of hydrogen-bond acceptors (Lipinski definition) is 4. The number of ketones is 1. The molecule has 0 aliphatic rings. The predicted octanol–water partition coefficient (Wildman–Crippen LogP) is 2.17. The van der Waals surface area contributed by atoms with Crippen LogP contribution < -0.4 is 5.73 Å². The summed E-state index contributed by atoms with van der Waals surface area (Å²) < 4.78 is 21.2. The number of anilines is 1. The Kier molecular flexibility index (Phi) is 4.22. The minimum atomic E-state index is -3.77. The highest BCUT2D eigenvalue weighted by atomic mass is 79.9. The number of hydrogen-bond donors (Lipinski definition) is 1. The Balaban J connectivity index is 3.23. The number of Topliss-reactive ketones (excluding diaryl/α,β-unsaturated/α-hetero) is 1. The smallest absolute Gasteiger partial charge is 0.261 e. The second-order valence-electron chi connectivity index (χ2n) is 3.37. The summed E-state index contributed by atoms with van der Waals surface area (Å²) in [4.78, 5) is 12.0. The van der Waals surface area contributed by atoms with E-state index in [1.807, 2.05) is 0 Å². The van der Waals surface area contributed by atoms with Crippen LogP contribution in [0.25, 0.3) is 0 Å². The van der Waals surface area contributed by atoms with E-state index in [1.165, 1.54) is 19.1 Å². The number of rotatable bonds is 4. The van der Waals surface area contributed by atoms with E-state index in [0.29, 0.717) is 5.69 Å². The predicted molar refractivity (Wildman–Crippen MR) is 72.2 cm³/mol. The number of nitrogen functional groups attached to an aromatic ring is 1. The van der Waals surface area contributed by atoms with Gasteiger partial charge in [-0.25, -0.2) is 8.42 Å². The maximum Gasteiger partial charge on any atom is 0.261 e. The maximum atomic E-state index is 12.0. The van der Waals surface area contributed by atoms with Crippen LogP contribution in [0.2, 0.25) is 0 Å². The summed E-state index contributed by atoms with van der Waals surface area (Å²) in [6.07, 6.45) is 0. The summed E-state index contributed by atoms with van der Waals surface area (Å²) in [6.45, 7) is 1.42. The Bertz CT molecular complexity index is 542. The Labute approximate surface area is 113 Å². The molecule has 17 heavy (non-hydrogen) atoms. The van der Waals surface area contributed by atoms with Crippen molar-refractivity contribution < 1.29 is 13.2 Å². The van der Waals surface area contributed by atoms with Gasteiger partial charge in [0.15, 0.2) is 9.84 Å². The van der Waals surface area contributed by atoms with Gasteiger partial charge in [0.2, 0.25) is 5.78 Å². The lowest BCUT2D eigenvalue weighted by Gasteiger charge is -2.18. The van der Waals surface area contributed by atoms with E-state index in [2.05, 4.69) is 15.9 Å². The molecule has 0 heterocycles. The molecule has 2 N–H and O–H groups in total. The van der Waals surface area contributed by atoms with Gasteiger partial charge >= 0.3 is 0 Å². The molecule has 1 atom stereocenters. The summed E-state index contributed by atoms with van der Waals surface area (Å²) in [6, 6.07) is 5.99. The van der Waals surface area contributed by atoms with Gasteiger partial charge in [-0.3, -0.25) is 4.79 Å². The van der Waals surface area contributed by atoms with E-state index in [9.17, 15) is 13.2 Å². The lowest BCUT2D eigenvalue weighted by molar-refractivity contribution is 0.1000. The number of nitrogens with two attached hydrogens (primary N) is 1. The van der Waals surface area contributed by atoms with Crippen molar-refractivity contribution in [3.8, 4) is 0 Å². The van der Waals surface area contributed by atoms with Crippen molar-refractivity contribution in [3.63, 3.8) is 0 Å². The Hall–Kier alpha value is -0.590. The number of halogens is 2. The van der Waals surface area contributed by atoms with Crippen LogP contribution in [0, 0.1) is 0 Å². The van der Waals surface area contributed by atoms with Crippen LogP contribution in [0.1, 0.15) is 17.3 Å². The van der Waals surface area contributed by atoms with Gasteiger partial charge in [-0.1, -0.05) is 30.7 Å². The molecule has 0 radical (unpaired) electrons. The van der Waals surface area contributed by atoms with E-state index in [1.54, 1.807) is 12.1 Å². The van der Waals surface area contributed by atoms with Gasteiger partial charge < -0.3 is 5.73 Å². The minimum absolute atomic E-state index is 0.147. The summed E-state index contributed by atoms with van der Waals surface area (Å²) in [5.41, 5.74) is 6.03. The second kappa shape index (κ2) is 4.96. The molecule has 0 saturated heterocycles. The number of sulfone groups is 1. The lowest BCUT2D eigenvalue weighted by atomic mass is 10.1. The van der Waals surface area contributed by atoms with Crippen molar-refractivity contribution in [2.75, 3.05) is 11.5 Å². The number of carbonyl (C=O) groups excluding carboxylic acids is 1.